The smallest absolute Gasteiger partial charge is 0.550 e. The number of aliphatic carboxylic acids is 2. The van der Waals surface area contributed by atoms with E-state index in [1.165, 1.54) is 0 Å². The average Bonchev–Trinajstić information content (AvgIpc) is 3.72. The molecule has 10 nitrogen and oxygen atoms in total. The number of carboxylic acid groups (broad SMARTS) is 2. The number of carbonyl (C=O) groups is 4. The third kappa shape index (κ3) is 16.5. The fourth-order valence-electron chi connectivity index (χ4n) is 4.71. The molecule has 0 saturated carbocycles. The summed E-state index contributed by atoms with van der Waals surface area (Å²) in [7, 11) is 0. The van der Waals surface area contributed by atoms with Gasteiger partial charge in [0.05, 0.1) is 11.1 Å². The number of hydrogen-bond donors (Lipinski definition) is 2. The van der Waals surface area contributed by atoms with Crippen molar-refractivity contribution in [3.63, 3.8) is 0 Å². The molecular formula is C36H42CaN4O6. The number of nitrogens with zero attached hydrogens (tertiary/aromatic N) is 2. The first-order valence-corrected chi connectivity index (χ1v) is 15.7. The zero-order valence-electron chi connectivity index (χ0n) is 26.8. The molecule has 0 aliphatic rings. The number of nitrogens with one attached hydrogen (secondary N) is 2. The van der Waals surface area contributed by atoms with Gasteiger partial charge < -0.3 is 39.6 Å². The second-order valence-electron chi connectivity index (χ2n) is 11.0. The molecule has 0 spiro atoms. The van der Waals surface area contributed by atoms with Crippen LogP contribution in [-0.2, 0) is 22.7 Å². The summed E-state index contributed by atoms with van der Waals surface area (Å²) in [6.07, 6.45) is 14.7. The number of carbonyl (C=O) groups excluding carboxylic acids is 4. The van der Waals surface area contributed by atoms with Gasteiger partial charge in [0.25, 0.3) is 11.8 Å². The minimum atomic E-state index is -0.982. The van der Waals surface area contributed by atoms with Crippen molar-refractivity contribution in [1.29, 1.82) is 0 Å². The predicted molar refractivity (Wildman–Crippen MR) is 180 cm³/mol. The van der Waals surface area contributed by atoms with E-state index in [-0.39, 0.29) is 62.4 Å². The molecule has 0 unspecified atom stereocenters. The van der Waals surface area contributed by atoms with Crippen molar-refractivity contribution < 1.29 is 29.4 Å². The van der Waals surface area contributed by atoms with Crippen molar-refractivity contribution in [3.8, 4) is 0 Å². The normalized spacial score (nSPS) is 10.2. The Kier molecular flexibility index (Phi) is 18.9. The van der Waals surface area contributed by atoms with Crippen molar-refractivity contribution >= 4 is 72.9 Å². The van der Waals surface area contributed by atoms with Gasteiger partial charge in [-0.2, -0.15) is 0 Å². The summed E-state index contributed by atoms with van der Waals surface area (Å²) in [4.78, 5) is 44.8. The molecule has 0 radical (unpaired) electrons. The van der Waals surface area contributed by atoms with Crippen molar-refractivity contribution in [2.24, 2.45) is 0 Å². The molecule has 0 bridgehead atoms. The largest absolute Gasteiger partial charge is 2.00 e. The molecule has 4 rings (SSSR count). The first-order chi connectivity index (χ1) is 22.3. The first-order valence-electron chi connectivity index (χ1n) is 15.7. The van der Waals surface area contributed by atoms with Crippen LogP contribution in [0, 0.1) is 0 Å². The Labute approximate surface area is 306 Å². The van der Waals surface area contributed by atoms with Crippen LogP contribution in [0.1, 0.15) is 84.9 Å². The molecule has 244 valence electrons. The third-order valence-electron chi connectivity index (χ3n) is 7.18. The average molecular weight is 667 g/mol. The van der Waals surface area contributed by atoms with Crippen LogP contribution in [0.4, 0.5) is 11.4 Å². The predicted octanol–water partition coefficient (Wildman–Crippen LogP) is 4.50. The number of rotatable bonds is 18. The van der Waals surface area contributed by atoms with Gasteiger partial charge in [-0.3, -0.25) is 9.59 Å². The Bertz CT molecular complexity index is 1390. The van der Waals surface area contributed by atoms with Crippen LogP contribution in [-0.4, -0.2) is 70.6 Å². The van der Waals surface area contributed by atoms with Gasteiger partial charge in [-0.15, -0.1) is 0 Å². The van der Waals surface area contributed by atoms with Gasteiger partial charge >= 0.3 is 37.7 Å². The molecule has 0 fully saturated rings. The van der Waals surface area contributed by atoms with Crippen molar-refractivity contribution in [1.82, 2.24) is 9.13 Å². The molecule has 4 aromatic rings. The van der Waals surface area contributed by atoms with Gasteiger partial charge in [0, 0.05) is 61.2 Å². The second kappa shape index (κ2) is 22.6. The number of unbranched alkanes of at least 4 members (excludes halogenated alkanes) is 6. The maximum absolute atomic E-state index is 12.1. The molecule has 11 heteroatoms. The van der Waals surface area contributed by atoms with Crippen LogP contribution < -0.4 is 20.8 Å². The minimum Gasteiger partial charge on any atom is -0.550 e. The summed E-state index contributed by atoms with van der Waals surface area (Å²) in [5, 5.41) is 26.3. The number of anilines is 2. The fourth-order valence-corrected chi connectivity index (χ4v) is 4.71. The first kappa shape index (κ1) is 39.3. The van der Waals surface area contributed by atoms with Gasteiger partial charge in [0.1, 0.15) is 0 Å². The Hall–Kier alpha value is -3.86. The van der Waals surface area contributed by atoms with E-state index in [0.717, 1.165) is 63.0 Å². The number of aryl methyl sites for hydroxylation is 2. The van der Waals surface area contributed by atoms with Gasteiger partial charge in [0.2, 0.25) is 0 Å². The Morgan fingerprint density at radius 2 is 0.872 bits per heavy atom. The molecule has 0 aliphatic heterocycles. The van der Waals surface area contributed by atoms with Crippen LogP contribution in [0.25, 0.3) is 0 Å². The molecule has 0 saturated heterocycles. The Balaban J connectivity index is 0.000000320. The van der Waals surface area contributed by atoms with Crippen LogP contribution in [0.2, 0.25) is 0 Å². The molecule has 0 atom stereocenters. The van der Waals surface area contributed by atoms with E-state index >= 15 is 0 Å². The van der Waals surface area contributed by atoms with E-state index < -0.39 is 11.9 Å². The number of hydrogen-bond acceptors (Lipinski definition) is 6. The maximum Gasteiger partial charge on any atom is 2.00 e. The van der Waals surface area contributed by atoms with E-state index in [4.69, 9.17) is 0 Å². The Morgan fingerprint density at radius 3 is 1.23 bits per heavy atom. The number of aromatic nitrogens is 2. The van der Waals surface area contributed by atoms with Gasteiger partial charge in [-0.25, -0.2) is 0 Å². The molecule has 2 amide bonds. The maximum atomic E-state index is 12.1. The van der Waals surface area contributed by atoms with Gasteiger partial charge in [-0.05, 0) is 74.9 Å². The SMILES string of the molecule is O=C([O-])CCCCCCn1ccc(C(=O)Nc2ccccc2)c1.O=C([O-])CCCCCCn1ccc(C(=O)Nc2ccccc2)c1.[Ca+2]. The van der Waals surface area contributed by atoms with Crippen molar-refractivity contribution in [2.75, 3.05) is 10.6 Å². The summed E-state index contributed by atoms with van der Waals surface area (Å²) in [6, 6.07) is 22.3. The van der Waals surface area contributed by atoms with Crippen LogP contribution in [0.3, 0.4) is 0 Å². The summed E-state index contributed by atoms with van der Waals surface area (Å²) in [5.41, 5.74) is 2.81. The van der Waals surface area contributed by atoms with E-state index in [2.05, 4.69) is 10.6 Å². The number of benzene rings is 2. The topological polar surface area (TPSA) is 148 Å². The summed E-state index contributed by atoms with van der Waals surface area (Å²) in [5.74, 6) is -2.21. The molecule has 2 heterocycles. The van der Waals surface area contributed by atoms with Gasteiger partial charge in [-0.1, -0.05) is 62.1 Å². The van der Waals surface area contributed by atoms with E-state index in [1.54, 1.807) is 12.1 Å². The number of amides is 2. The summed E-state index contributed by atoms with van der Waals surface area (Å²) < 4.78 is 3.97. The van der Waals surface area contributed by atoms with Crippen molar-refractivity contribution in [3.05, 3.63) is 109 Å². The molecule has 0 aliphatic carbocycles. The second-order valence-corrected chi connectivity index (χ2v) is 11.0. The minimum absolute atomic E-state index is 0. The number of carboxylic acids is 2. The van der Waals surface area contributed by atoms with E-state index in [9.17, 15) is 29.4 Å². The van der Waals surface area contributed by atoms with E-state index in [0.29, 0.717) is 24.0 Å². The molecule has 2 aromatic heterocycles. The molecule has 47 heavy (non-hydrogen) atoms. The third-order valence-corrected chi connectivity index (χ3v) is 7.18. The molecule has 2 aromatic carbocycles. The Morgan fingerprint density at radius 1 is 0.511 bits per heavy atom. The molecule has 2 N–H and O–H groups in total. The zero-order chi connectivity index (χ0) is 33.0. The zero-order valence-corrected chi connectivity index (χ0v) is 29.0. The van der Waals surface area contributed by atoms with E-state index in [1.807, 2.05) is 94.6 Å². The summed E-state index contributed by atoms with van der Waals surface area (Å²) >= 11 is 0. The van der Waals surface area contributed by atoms with Crippen LogP contribution in [0.15, 0.2) is 97.6 Å². The molecular weight excluding hydrogens is 624 g/mol. The van der Waals surface area contributed by atoms with Gasteiger partial charge in [0.15, 0.2) is 0 Å². The summed E-state index contributed by atoms with van der Waals surface area (Å²) in [6.45, 7) is 1.65. The van der Waals surface area contributed by atoms with Crippen LogP contribution >= 0.6 is 0 Å². The fraction of sp³-hybridized carbons (Fsp3) is 0.333. The van der Waals surface area contributed by atoms with Crippen LogP contribution in [0.5, 0.6) is 0 Å². The quantitative estimate of drug-likeness (QED) is 0.118. The monoisotopic (exact) mass is 666 g/mol. The van der Waals surface area contributed by atoms with Crippen molar-refractivity contribution in [2.45, 2.75) is 77.3 Å². The standard InChI is InChI=1S/2C18H22N2O3.Ca/c2*21-17(22)10-6-1-2-7-12-20-13-11-15(14-20)18(23)19-16-8-4-3-5-9-16;/h2*3-5,8-9,11,13-14H,1-2,6-7,10,12H2,(H,19,23)(H,21,22);/q;;+2/p-2. The number of para-hydroxylation sites is 2.